The van der Waals surface area contributed by atoms with Crippen LogP contribution in [0.25, 0.3) is 5.57 Å². The first-order chi connectivity index (χ1) is 9.85. The second-order valence-electron chi connectivity index (χ2n) is 6.73. The van der Waals surface area contributed by atoms with Gasteiger partial charge in [0, 0.05) is 51.9 Å². The molecule has 0 fully saturated rings. The van der Waals surface area contributed by atoms with Gasteiger partial charge >= 0.3 is 0 Å². The van der Waals surface area contributed by atoms with Gasteiger partial charge in [-0.3, -0.25) is 9.99 Å². The third-order valence-corrected chi connectivity index (χ3v) is 5.18. The summed E-state index contributed by atoms with van der Waals surface area (Å²) < 4.78 is 5.80. The smallest absolute Gasteiger partial charge is 0.132 e. The number of hydrazine groups is 1. The van der Waals surface area contributed by atoms with Crippen molar-refractivity contribution in [3.8, 4) is 0 Å². The number of ether oxygens (including phenoxy) is 1. The van der Waals surface area contributed by atoms with Gasteiger partial charge in [-0.15, -0.1) is 0 Å². The van der Waals surface area contributed by atoms with E-state index < -0.39 is 8.07 Å². The van der Waals surface area contributed by atoms with E-state index in [9.17, 15) is 0 Å². The van der Waals surface area contributed by atoms with E-state index in [0.29, 0.717) is 6.73 Å². The Kier molecular flexibility index (Phi) is 5.03. The summed E-state index contributed by atoms with van der Waals surface area (Å²) in [6.45, 7) is 9.34. The number of nitrogens with zero attached hydrogens (tertiary/aromatic N) is 3. The third kappa shape index (κ3) is 4.84. The number of rotatable bonds is 6. The molecule has 1 aliphatic heterocycles. The summed E-state index contributed by atoms with van der Waals surface area (Å²) in [6.07, 6.45) is 3.84. The maximum Gasteiger partial charge on any atom is 0.132 e. The van der Waals surface area contributed by atoms with Crippen molar-refractivity contribution in [2.24, 2.45) is 0 Å². The summed E-state index contributed by atoms with van der Waals surface area (Å²) in [5.74, 6) is 0. The normalized spacial score (nSPS) is 16.4. The van der Waals surface area contributed by atoms with Crippen LogP contribution in [-0.4, -0.2) is 50.0 Å². The predicted molar refractivity (Wildman–Crippen MR) is 90.1 cm³/mol. The van der Waals surface area contributed by atoms with E-state index in [-0.39, 0.29) is 0 Å². The fourth-order valence-electron chi connectivity index (χ4n) is 2.10. The van der Waals surface area contributed by atoms with Crippen molar-refractivity contribution in [3.05, 3.63) is 30.2 Å². The van der Waals surface area contributed by atoms with Crippen LogP contribution in [0.1, 0.15) is 5.69 Å². The molecule has 21 heavy (non-hydrogen) atoms. The zero-order valence-corrected chi connectivity index (χ0v) is 14.5. The highest BCUT2D eigenvalue weighted by molar-refractivity contribution is 6.76. The molecule has 1 aromatic heterocycles. The highest BCUT2D eigenvalue weighted by atomic mass is 28.3. The fourth-order valence-corrected chi connectivity index (χ4v) is 2.86. The minimum Gasteiger partial charge on any atom is -0.399 e. The largest absolute Gasteiger partial charge is 0.399 e. The van der Waals surface area contributed by atoms with E-state index in [4.69, 9.17) is 10.5 Å². The SMILES string of the molecule is CN1CC(c2cc(N)ccn2)=CN1COCC[Si](C)(C)C. The molecule has 2 heterocycles. The molecule has 0 saturated heterocycles. The highest BCUT2D eigenvalue weighted by Gasteiger charge is 2.20. The monoisotopic (exact) mass is 306 g/mol. The maximum absolute atomic E-state index is 5.82. The minimum absolute atomic E-state index is 0.590. The number of pyridine rings is 1. The molecule has 0 spiro atoms. The van der Waals surface area contributed by atoms with E-state index >= 15 is 0 Å². The molecule has 5 nitrogen and oxygen atoms in total. The lowest BCUT2D eigenvalue weighted by molar-refractivity contribution is -0.0365. The molecule has 1 aromatic rings. The van der Waals surface area contributed by atoms with Crippen LogP contribution in [0.3, 0.4) is 0 Å². The Morgan fingerprint density at radius 1 is 1.38 bits per heavy atom. The lowest BCUT2D eigenvalue weighted by Gasteiger charge is -2.25. The summed E-state index contributed by atoms with van der Waals surface area (Å²) in [7, 11) is 1.03. The lowest BCUT2D eigenvalue weighted by atomic mass is 10.2. The van der Waals surface area contributed by atoms with Crippen LogP contribution in [0, 0.1) is 0 Å². The fraction of sp³-hybridized carbons (Fsp3) is 0.533. The zero-order valence-electron chi connectivity index (χ0n) is 13.5. The van der Waals surface area contributed by atoms with Gasteiger partial charge < -0.3 is 10.5 Å². The molecule has 2 rings (SSSR count). The quantitative estimate of drug-likeness (QED) is 0.646. The Bertz CT molecular complexity index is 513. The topological polar surface area (TPSA) is 54.6 Å². The van der Waals surface area contributed by atoms with Gasteiger partial charge in [0.1, 0.15) is 6.73 Å². The minimum atomic E-state index is -1.02. The van der Waals surface area contributed by atoms with Crippen molar-refractivity contribution < 1.29 is 4.74 Å². The molecule has 0 aliphatic carbocycles. The average molecular weight is 306 g/mol. The number of anilines is 1. The summed E-state index contributed by atoms with van der Waals surface area (Å²) in [5.41, 5.74) is 8.66. The maximum atomic E-state index is 5.82. The number of aromatic nitrogens is 1. The molecule has 0 amide bonds. The Hall–Kier alpha value is -1.37. The average Bonchev–Trinajstić information content (AvgIpc) is 2.75. The van der Waals surface area contributed by atoms with Crippen LogP contribution in [0.15, 0.2) is 24.5 Å². The Labute approximate surface area is 128 Å². The van der Waals surface area contributed by atoms with Gasteiger partial charge in [0.05, 0.1) is 5.69 Å². The molecule has 6 heteroatoms. The van der Waals surface area contributed by atoms with Gasteiger partial charge in [0.25, 0.3) is 0 Å². The molecule has 1 aliphatic rings. The van der Waals surface area contributed by atoms with Crippen LogP contribution in [0.4, 0.5) is 5.69 Å². The second kappa shape index (κ2) is 6.59. The second-order valence-corrected chi connectivity index (χ2v) is 12.4. The summed E-state index contributed by atoms with van der Waals surface area (Å²) in [5, 5.41) is 4.22. The van der Waals surface area contributed by atoms with Crippen molar-refractivity contribution in [3.63, 3.8) is 0 Å². The summed E-state index contributed by atoms with van der Waals surface area (Å²) in [6, 6.07) is 4.91. The number of hydrogen-bond acceptors (Lipinski definition) is 5. The lowest BCUT2D eigenvalue weighted by Crippen LogP contribution is -2.34. The van der Waals surface area contributed by atoms with E-state index in [1.165, 1.54) is 11.6 Å². The van der Waals surface area contributed by atoms with E-state index in [1.807, 2.05) is 6.07 Å². The molecule has 0 aromatic carbocycles. The van der Waals surface area contributed by atoms with Gasteiger partial charge in [-0.1, -0.05) is 19.6 Å². The molecule has 0 saturated carbocycles. The first-order valence-corrected chi connectivity index (χ1v) is 11.0. The van der Waals surface area contributed by atoms with Gasteiger partial charge in [0.2, 0.25) is 0 Å². The van der Waals surface area contributed by atoms with Crippen LogP contribution in [-0.2, 0) is 4.74 Å². The molecule has 0 atom stereocenters. The van der Waals surface area contributed by atoms with E-state index in [0.717, 1.165) is 24.5 Å². The Balaban J connectivity index is 1.90. The van der Waals surface area contributed by atoms with Gasteiger partial charge in [-0.05, 0) is 18.2 Å². The number of hydrogen-bond donors (Lipinski definition) is 1. The zero-order chi connectivity index (χ0) is 15.5. The standard InChI is InChI=1S/C15H26N4OSi/c1-18-10-13(15-9-14(16)5-6-17-15)11-19(18)12-20-7-8-21(2,3)4/h5-6,9,11H,7-8,10,12H2,1-4H3,(H2,16,17). The molecule has 0 bridgehead atoms. The van der Waals surface area contributed by atoms with Crippen LogP contribution < -0.4 is 5.73 Å². The Morgan fingerprint density at radius 2 is 2.14 bits per heavy atom. The van der Waals surface area contributed by atoms with Gasteiger partial charge in [-0.25, -0.2) is 5.01 Å². The van der Waals surface area contributed by atoms with Crippen molar-refractivity contribution in [1.82, 2.24) is 15.0 Å². The molecule has 0 unspecified atom stereocenters. The molecular weight excluding hydrogens is 280 g/mol. The third-order valence-electron chi connectivity index (χ3n) is 3.48. The first-order valence-electron chi connectivity index (χ1n) is 7.33. The molecule has 2 N–H and O–H groups in total. The number of nitrogens with two attached hydrogens (primary N) is 1. The van der Waals surface area contributed by atoms with E-state index in [2.05, 4.69) is 47.9 Å². The van der Waals surface area contributed by atoms with Gasteiger partial charge in [0.15, 0.2) is 0 Å². The first kappa shape index (κ1) is 16.0. The number of likely N-dealkylation sites (N-methyl/N-ethyl adjacent to an activating group) is 1. The van der Waals surface area contributed by atoms with Crippen molar-refractivity contribution >= 4 is 19.3 Å². The molecular formula is C15H26N4OSi. The van der Waals surface area contributed by atoms with Crippen LogP contribution >= 0.6 is 0 Å². The van der Waals surface area contributed by atoms with Gasteiger partial charge in [-0.2, -0.15) is 0 Å². The summed E-state index contributed by atoms with van der Waals surface area (Å²) in [4.78, 5) is 4.38. The molecule has 0 radical (unpaired) electrons. The van der Waals surface area contributed by atoms with E-state index in [1.54, 1.807) is 12.3 Å². The highest BCUT2D eigenvalue weighted by Crippen LogP contribution is 2.22. The predicted octanol–water partition coefficient (Wildman–Crippen LogP) is 2.48. The van der Waals surface area contributed by atoms with Crippen LogP contribution in [0.5, 0.6) is 0 Å². The van der Waals surface area contributed by atoms with Crippen molar-refractivity contribution in [2.45, 2.75) is 25.7 Å². The van der Waals surface area contributed by atoms with Crippen molar-refractivity contribution in [2.75, 3.05) is 32.7 Å². The molecule has 116 valence electrons. The van der Waals surface area contributed by atoms with Crippen LogP contribution in [0.2, 0.25) is 25.7 Å². The van der Waals surface area contributed by atoms with Crippen molar-refractivity contribution in [1.29, 1.82) is 0 Å². The number of nitrogen functional groups attached to an aromatic ring is 1. The summed E-state index contributed by atoms with van der Waals surface area (Å²) >= 11 is 0. The Morgan fingerprint density at radius 3 is 2.81 bits per heavy atom.